The number of carbonyl (C=O) groups excluding carboxylic acids is 1. The third-order valence-corrected chi connectivity index (χ3v) is 2.89. The van der Waals surface area contributed by atoms with E-state index in [2.05, 4.69) is 0 Å². The van der Waals surface area contributed by atoms with Gasteiger partial charge in [-0.15, -0.1) is 0 Å². The Bertz CT molecular complexity index is 411. The van der Waals surface area contributed by atoms with Gasteiger partial charge in [0.1, 0.15) is 0 Å². The van der Waals surface area contributed by atoms with Gasteiger partial charge in [-0.05, 0) is 24.8 Å². The molecule has 0 spiro atoms. The molecule has 1 aliphatic rings. The summed E-state index contributed by atoms with van der Waals surface area (Å²) in [5.74, 6) is 0.00792. The molecule has 1 aromatic rings. The van der Waals surface area contributed by atoms with Crippen LogP contribution in [0.15, 0.2) is 42.2 Å². The van der Waals surface area contributed by atoms with Crippen LogP contribution in [0.1, 0.15) is 18.4 Å². The molecular weight excluding hydrogens is 214 g/mol. The molecule has 0 fully saturated rings. The molecule has 1 aliphatic heterocycles. The van der Waals surface area contributed by atoms with Crippen LogP contribution >= 0.6 is 0 Å². The highest BCUT2D eigenvalue weighted by Gasteiger charge is 2.20. The Morgan fingerprint density at radius 3 is 2.76 bits per heavy atom. The summed E-state index contributed by atoms with van der Waals surface area (Å²) in [5.41, 5.74) is 7.74. The van der Waals surface area contributed by atoms with E-state index in [-0.39, 0.29) is 5.78 Å². The summed E-state index contributed by atoms with van der Waals surface area (Å²) in [6, 6.07) is 9.36. The van der Waals surface area contributed by atoms with Gasteiger partial charge in [-0.2, -0.15) is 0 Å². The molecule has 1 unspecified atom stereocenters. The molecule has 0 amide bonds. The van der Waals surface area contributed by atoms with Crippen LogP contribution in [0.2, 0.25) is 0 Å². The topological polar surface area (TPSA) is 52.3 Å². The number of hydrogen-bond donors (Lipinski definition) is 1. The average molecular weight is 231 g/mol. The minimum absolute atomic E-state index is 0.00792. The second-order valence-electron chi connectivity index (χ2n) is 4.28. The number of ether oxygens (including phenoxy) is 1. The predicted molar refractivity (Wildman–Crippen MR) is 66.4 cm³/mol. The molecule has 90 valence electrons. The van der Waals surface area contributed by atoms with Crippen molar-refractivity contribution in [2.24, 2.45) is 5.73 Å². The quantitative estimate of drug-likeness (QED) is 0.860. The maximum atomic E-state index is 12.0. The number of rotatable bonds is 4. The fraction of sp³-hybridized carbons (Fsp3) is 0.357. The van der Waals surface area contributed by atoms with E-state index in [0.29, 0.717) is 13.0 Å². The average Bonchev–Trinajstić information content (AvgIpc) is 2.40. The van der Waals surface area contributed by atoms with Gasteiger partial charge in [0.05, 0.1) is 18.9 Å². The zero-order valence-electron chi connectivity index (χ0n) is 9.76. The van der Waals surface area contributed by atoms with Crippen LogP contribution in [0.4, 0.5) is 0 Å². The van der Waals surface area contributed by atoms with E-state index in [1.54, 1.807) is 6.26 Å². The zero-order valence-corrected chi connectivity index (χ0v) is 9.76. The zero-order chi connectivity index (χ0) is 12.1. The van der Waals surface area contributed by atoms with Gasteiger partial charge < -0.3 is 10.5 Å². The van der Waals surface area contributed by atoms with Crippen molar-refractivity contribution in [3.8, 4) is 0 Å². The van der Waals surface area contributed by atoms with Crippen molar-refractivity contribution in [3.05, 3.63) is 47.7 Å². The first-order valence-electron chi connectivity index (χ1n) is 5.92. The molecule has 0 saturated heterocycles. The smallest absolute Gasteiger partial charge is 0.178 e. The van der Waals surface area contributed by atoms with E-state index in [1.165, 1.54) is 0 Å². The van der Waals surface area contributed by atoms with Gasteiger partial charge in [-0.1, -0.05) is 30.3 Å². The minimum Gasteiger partial charge on any atom is -0.501 e. The lowest BCUT2D eigenvalue weighted by Gasteiger charge is -2.16. The molecule has 17 heavy (non-hydrogen) atoms. The third kappa shape index (κ3) is 3.17. The molecule has 1 aromatic carbocycles. The van der Waals surface area contributed by atoms with Crippen LogP contribution < -0.4 is 5.73 Å². The van der Waals surface area contributed by atoms with E-state index in [0.717, 1.165) is 24.0 Å². The van der Waals surface area contributed by atoms with Crippen molar-refractivity contribution in [2.45, 2.75) is 25.3 Å². The van der Waals surface area contributed by atoms with Crippen molar-refractivity contribution in [1.82, 2.24) is 0 Å². The molecule has 0 saturated carbocycles. The van der Waals surface area contributed by atoms with Crippen molar-refractivity contribution in [2.75, 3.05) is 6.61 Å². The standard InChI is InChI=1S/C14H17NO2/c15-13(9-11-5-2-1-3-6-11)14(16)12-7-4-8-17-10-12/h1-3,5-6,10,13H,4,7-9,15H2. The summed E-state index contributed by atoms with van der Waals surface area (Å²) >= 11 is 0. The minimum atomic E-state index is -0.467. The molecule has 1 atom stereocenters. The maximum Gasteiger partial charge on any atom is 0.178 e. The molecule has 3 heteroatoms. The largest absolute Gasteiger partial charge is 0.501 e. The maximum absolute atomic E-state index is 12.0. The lowest BCUT2D eigenvalue weighted by atomic mass is 9.96. The van der Waals surface area contributed by atoms with Crippen molar-refractivity contribution in [3.63, 3.8) is 0 Å². The fourth-order valence-corrected chi connectivity index (χ4v) is 1.94. The van der Waals surface area contributed by atoms with E-state index >= 15 is 0 Å². The van der Waals surface area contributed by atoms with E-state index in [4.69, 9.17) is 10.5 Å². The molecule has 2 N–H and O–H groups in total. The van der Waals surface area contributed by atoms with Crippen LogP contribution in [-0.4, -0.2) is 18.4 Å². The summed E-state index contributed by atoms with van der Waals surface area (Å²) < 4.78 is 5.17. The second-order valence-corrected chi connectivity index (χ2v) is 4.28. The molecule has 1 heterocycles. The summed E-state index contributed by atoms with van der Waals surface area (Å²) in [7, 11) is 0. The highest BCUT2D eigenvalue weighted by molar-refractivity contribution is 5.99. The van der Waals surface area contributed by atoms with E-state index < -0.39 is 6.04 Å². The van der Waals surface area contributed by atoms with E-state index in [9.17, 15) is 4.79 Å². The van der Waals surface area contributed by atoms with Crippen molar-refractivity contribution >= 4 is 5.78 Å². The summed E-state index contributed by atoms with van der Waals surface area (Å²) in [6.07, 6.45) is 3.82. The van der Waals surface area contributed by atoms with Crippen LogP contribution in [0.5, 0.6) is 0 Å². The highest BCUT2D eigenvalue weighted by atomic mass is 16.5. The normalized spacial score (nSPS) is 16.9. The third-order valence-electron chi connectivity index (χ3n) is 2.89. The summed E-state index contributed by atoms with van der Waals surface area (Å²) in [4.78, 5) is 12.0. The molecule has 0 aliphatic carbocycles. The van der Waals surface area contributed by atoms with Crippen LogP contribution in [0.25, 0.3) is 0 Å². The fourth-order valence-electron chi connectivity index (χ4n) is 1.94. The van der Waals surface area contributed by atoms with Crippen LogP contribution in [-0.2, 0) is 16.0 Å². The van der Waals surface area contributed by atoms with Crippen molar-refractivity contribution < 1.29 is 9.53 Å². The Kier molecular flexibility index (Phi) is 3.94. The van der Waals surface area contributed by atoms with Crippen molar-refractivity contribution in [1.29, 1.82) is 0 Å². The first-order valence-corrected chi connectivity index (χ1v) is 5.92. The monoisotopic (exact) mass is 231 g/mol. The molecule has 0 aromatic heterocycles. The molecule has 0 bridgehead atoms. The SMILES string of the molecule is NC(Cc1ccccc1)C(=O)C1=COCCC1. The van der Waals surface area contributed by atoms with Gasteiger partial charge in [0.15, 0.2) is 5.78 Å². The molecule has 2 rings (SSSR count). The number of ketones is 1. The van der Waals surface area contributed by atoms with Gasteiger partial charge in [-0.25, -0.2) is 0 Å². The Hall–Kier alpha value is -1.61. The Morgan fingerprint density at radius 2 is 2.12 bits per heavy atom. The Balaban J connectivity index is 1.98. The number of benzene rings is 1. The number of hydrogen-bond acceptors (Lipinski definition) is 3. The van der Waals surface area contributed by atoms with Gasteiger partial charge in [-0.3, -0.25) is 4.79 Å². The lowest BCUT2D eigenvalue weighted by molar-refractivity contribution is -0.117. The number of nitrogens with two attached hydrogens (primary N) is 1. The van der Waals surface area contributed by atoms with Gasteiger partial charge in [0.2, 0.25) is 0 Å². The second kappa shape index (κ2) is 5.64. The highest BCUT2D eigenvalue weighted by Crippen LogP contribution is 2.15. The molecule has 0 radical (unpaired) electrons. The first-order chi connectivity index (χ1) is 8.27. The first kappa shape index (κ1) is 11.9. The molecule has 3 nitrogen and oxygen atoms in total. The Labute approximate surface area is 101 Å². The Morgan fingerprint density at radius 1 is 1.35 bits per heavy atom. The van der Waals surface area contributed by atoms with Gasteiger partial charge in [0.25, 0.3) is 0 Å². The van der Waals surface area contributed by atoms with Gasteiger partial charge >= 0.3 is 0 Å². The van der Waals surface area contributed by atoms with Crippen LogP contribution in [0, 0.1) is 0 Å². The number of carbonyl (C=O) groups is 1. The summed E-state index contributed by atoms with van der Waals surface area (Å²) in [6.45, 7) is 0.699. The summed E-state index contributed by atoms with van der Waals surface area (Å²) in [5, 5.41) is 0. The van der Waals surface area contributed by atoms with E-state index in [1.807, 2.05) is 30.3 Å². The molecular formula is C14H17NO2. The lowest BCUT2D eigenvalue weighted by Crippen LogP contribution is -2.34. The van der Waals surface area contributed by atoms with Gasteiger partial charge in [0, 0.05) is 5.57 Å². The number of Topliss-reactive ketones (excluding diaryl/α,β-unsaturated/α-hetero) is 1. The van der Waals surface area contributed by atoms with Crippen LogP contribution in [0.3, 0.4) is 0 Å². The predicted octanol–water partition coefficient (Wildman–Crippen LogP) is 1.82.